The monoisotopic (exact) mass is 218 g/mol. The fourth-order valence-corrected chi connectivity index (χ4v) is 1.84. The number of aromatic nitrogens is 1. The van der Waals surface area contributed by atoms with Crippen LogP contribution in [-0.4, -0.2) is 30.8 Å². The predicted molar refractivity (Wildman–Crippen MR) is 61.0 cm³/mol. The molecule has 5 nitrogen and oxygen atoms in total. The number of hydrogen-bond acceptors (Lipinski definition) is 5. The second-order valence-electron chi connectivity index (χ2n) is 3.84. The molecule has 0 spiro atoms. The Morgan fingerprint density at radius 1 is 1.69 bits per heavy atom. The Morgan fingerprint density at radius 3 is 3.19 bits per heavy atom. The lowest BCUT2D eigenvalue weighted by Crippen LogP contribution is -2.42. The molecule has 0 bridgehead atoms. The van der Waals surface area contributed by atoms with Gasteiger partial charge in [0.15, 0.2) is 6.10 Å². The van der Waals surface area contributed by atoms with Crippen LogP contribution in [0.2, 0.25) is 0 Å². The molecule has 1 aromatic rings. The summed E-state index contributed by atoms with van der Waals surface area (Å²) in [7, 11) is 0. The number of nitrogens with zero attached hydrogens (tertiary/aromatic N) is 3. The van der Waals surface area contributed by atoms with Gasteiger partial charge in [-0.05, 0) is 18.6 Å². The summed E-state index contributed by atoms with van der Waals surface area (Å²) in [4.78, 5) is 6.37. The van der Waals surface area contributed by atoms with Crippen LogP contribution in [0.15, 0.2) is 12.3 Å². The molecule has 0 radical (unpaired) electrons. The van der Waals surface area contributed by atoms with Gasteiger partial charge in [0.1, 0.15) is 5.82 Å². The number of nitriles is 1. The van der Waals surface area contributed by atoms with Gasteiger partial charge >= 0.3 is 0 Å². The Kier molecular flexibility index (Phi) is 2.93. The van der Waals surface area contributed by atoms with E-state index in [4.69, 9.17) is 15.7 Å². The third kappa shape index (κ3) is 2.07. The van der Waals surface area contributed by atoms with Gasteiger partial charge in [-0.15, -0.1) is 0 Å². The molecular formula is C11H14N4O. The molecule has 1 unspecified atom stereocenters. The molecule has 84 valence electrons. The lowest BCUT2D eigenvalue weighted by atomic mass is 10.2. The van der Waals surface area contributed by atoms with Gasteiger partial charge in [-0.25, -0.2) is 4.98 Å². The van der Waals surface area contributed by atoms with E-state index in [0.717, 1.165) is 17.9 Å². The summed E-state index contributed by atoms with van der Waals surface area (Å²) in [5, 5.41) is 8.83. The summed E-state index contributed by atoms with van der Waals surface area (Å²) in [5.74, 6) is 0.887. The second kappa shape index (κ2) is 4.37. The highest BCUT2D eigenvalue weighted by molar-refractivity contribution is 5.53. The second-order valence-corrected chi connectivity index (χ2v) is 3.84. The number of hydrogen-bond donors (Lipinski definition) is 1. The number of anilines is 2. The van der Waals surface area contributed by atoms with Crippen LogP contribution < -0.4 is 10.6 Å². The molecule has 16 heavy (non-hydrogen) atoms. The minimum Gasteiger partial charge on any atom is -0.397 e. The van der Waals surface area contributed by atoms with Crippen molar-refractivity contribution in [2.24, 2.45) is 0 Å². The smallest absolute Gasteiger partial charge is 0.161 e. The zero-order valence-corrected chi connectivity index (χ0v) is 9.18. The van der Waals surface area contributed by atoms with Crippen LogP contribution in [0.25, 0.3) is 0 Å². The molecule has 0 amide bonds. The number of pyridine rings is 1. The van der Waals surface area contributed by atoms with E-state index in [0.29, 0.717) is 18.8 Å². The lowest BCUT2D eigenvalue weighted by Gasteiger charge is -2.31. The quantitative estimate of drug-likeness (QED) is 0.751. The van der Waals surface area contributed by atoms with E-state index in [1.54, 1.807) is 6.20 Å². The highest BCUT2D eigenvalue weighted by atomic mass is 16.5. The number of morpholine rings is 1. The molecule has 0 saturated carbocycles. The Labute approximate surface area is 94.4 Å². The first-order valence-electron chi connectivity index (χ1n) is 5.19. The summed E-state index contributed by atoms with van der Waals surface area (Å²) in [6, 6.07) is 4.01. The Morgan fingerprint density at radius 2 is 2.50 bits per heavy atom. The first kappa shape index (κ1) is 10.7. The summed E-state index contributed by atoms with van der Waals surface area (Å²) in [6.07, 6.45) is 1.27. The van der Waals surface area contributed by atoms with E-state index in [2.05, 4.69) is 16.0 Å². The van der Waals surface area contributed by atoms with Crippen molar-refractivity contribution in [1.82, 2.24) is 4.98 Å². The third-order valence-corrected chi connectivity index (χ3v) is 2.58. The van der Waals surface area contributed by atoms with Crippen molar-refractivity contribution in [3.05, 3.63) is 17.8 Å². The maximum Gasteiger partial charge on any atom is 0.161 e. The molecule has 1 saturated heterocycles. The molecule has 2 heterocycles. The summed E-state index contributed by atoms with van der Waals surface area (Å²) < 4.78 is 5.29. The van der Waals surface area contributed by atoms with Gasteiger partial charge in [-0.2, -0.15) is 5.26 Å². The van der Waals surface area contributed by atoms with Crippen LogP contribution in [0.4, 0.5) is 11.5 Å². The van der Waals surface area contributed by atoms with Crippen LogP contribution in [0.5, 0.6) is 0 Å². The van der Waals surface area contributed by atoms with E-state index in [1.165, 1.54) is 0 Å². The Bertz CT molecular complexity index is 426. The molecule has 1 aliphatic heterocycles. The zero-order valence-electron chi connectivity index (χ0n) is 9.18. The molecule has 0 aromatic carbocycles. The molecule has 2 rings (SSSR count). The fraction of sp³-hybridized carbons (Fsp3) is 0.455. The van der Waals surface area contributed by atoms with E-state index in [1.807, 2.05) is 13.0 Å². The van der Waals surface area contributed by atoms with Gasteiger partial charge < -0.3 is 15.4 Å². The van der Waals surface area contributed by atoms with Crippen molar-refractivity contribution in [3.63, 3.8) is 0 Å². The van der Waals surface area contributed by atoms with Crippen molar-refractivity contribution in [2.45, 2.75) is 13.0 Å². The van der Waals surface area contributed by atoms with Gasteiger partial charge in [-0.1, -0.05) is 0 Å². The fourth-order valence-electron chi connectivity index (χ4n) is 1.84. The maximum absolute atomic E-state index is 8.83. The SMILES string of the molecule is Cc1cc(N)cnc1N1CCOC(C#N)C1. The minimum atomic E-state index is -0.368. The zero-order chi connectivity index (χ0) is 11.5. The summed E-state index contributed by atoms with van der Waals surface area (Å²) in [5.41, 5.74) is 7.34. The first-order chi connectivity index (χ1) is 7.70. The van der Waals surface area contributed by atoms with Gasteiger partial charge in [0.25, 0.3) is 0 Å². The van der Waals surface area contributed by atoms with Crippen LogP contribution in [0.3, 0.4) is 0 Å². The minimum absolute atomic E-state index is 0.368. The van der Waals surface area contributed by atoms with Gasteiger partial charge in [0.2, 0.25) is 0 Å². The van der Waals surface area contributed by atoms with E-state index >= 15 is 0 Å². The van der Waals surface area contributed by atoms with Gasteiger partial charge in [0, 0.05) is 6.54 Å². The molecule has 1 fully saturated rings. The first-order valence-corrected chi connectivity index (χ1v) is 5.19. The van der Waals surface area contributed by atoms with E-state index in [-0.39, 0.29) is 6.10 Å². The van der Waals surface area contributed by atoms with Crippen molar-refractivity contribution in [1.29, 1.82) is 5.26 Å². The van der Waals surface area contributed by atoms with Crippen LogP contribution in [0, 0.1) is 18.3 Å². The van der Waals surface area contributed by atoms with Crippen molar-refractivity contribution in [2.75, 3.05) is 30.3 Å². The molecule has 1 aromatic heterocycles. The average Bonchev–Trinajstić information content (AvgIpc) is 2.29. The largest absolute Gasteiger partial charge is 0.397 e. The molecule has 0 aliphatic carbocycles. The summed E-state index contributed by atoms with van der Waals surface area (Å²) >= 11 is 0. The molecule has 1 atom stereocenters. The van der Waals surface area contributed by atoms with E-state index in [9.17, 15) is 0 Å². The Balaban J connectivity index is 2.20. The van der Waals surface area contributed by atoms with Crippen molar-refractivity contribution < 1.29 is 4.74 Å². The van der Waals surface area contributed by atoms with E-state index < -0.39 is 0 Å². The highest BCUT2D eigenvalue weighted by Crippen LogP contribution is 2.20. The number of rotatable bonds is 1. The van der Waals surface area contributed by atoms with Gasteiger partial charge in [0.05, 0.1) is 31.1 Å². The molecule has 2 N–H and O–H groups in total. The van der Waals surface area contributed by atoms with Crippen LogP contribution >= 0.6 is 0 Å². The van der Waals surface area contributed by atoms with Gasteiger partial charge in [-0.3, -0.25) is 0 Å². The number of ether oxygens (including phenoxy) is 1. The van der Waals surface area contributed by atoms with Crippen LogP contribution in [0.1, 0.15) is 5.56 Å². The summed E-state index contributed by atoms with van der Waals surface area (Å²) in [6.45, 7) is 3.85. The topological polar surface area (TPSA) is 75.2 Å². The average molecular weight is 218 g/mol. The lowest BCUT2D eigenvalue weighted by molar-refractivity contribution is 0.0761. The Hall–Kier alpha value is -1.80. The van der Waals surface area contributed by atoms with Crippen molar-refractivity contribution >= 4 is 11.5 Å². The van der Waals surface area contributed by atoms with Crippen molar-refractivity contribution in [3.8, 4) is 6.07 Å². The number of nitrogen functional groups attached to an aromatic ring is 1. The molecule has 5 heteroatoms. The van der Waals surface area contributed by atoms with Crippen LogP contribution in [-0.2, 0) is 4.74 Å². The third-order valence-electron chi connectivity index (χ3n) is 2.58. The normalized spacial score (nSPS) is 20.5. The number of nitrogens with two attached hydrogens (primary N) is 1. The standard InChI is InChI=1S/C11H14N4O/c1-8-4-9(13)6-14-11(8)15-2-3-16-10(5-12)7-15/h4,6,10H,2-3,7,13H2,1H3. The number of aryl methyl sites for hydroxylation is 1. The highest BCUT2D eigenvalue weighted by Gasteiger charge is 2.21. The molecular weight excluding hydrogens is 204 g/mol. The predicted octanol–water partition coefficient (Wildman–Crippen LogP) is 0.701. The maximum atomic E-state index is 8.83. The molecule has 1 aliphatic rings.